The highest BCUT2D eigenvalue weighted by Crippen LogP contribution is 2.34. The molecule has 4 heteroatoms. The second-order valence-corrected chi connectivity index (χ2v) is 7.25. The highest BCUT2D eigenvalue weighted by Gasteiger charge is 2.38. The summed E-state index contributed by atoms with van der Waals surface area (Å²) in [7, 11) is 1.83. The van der Waals surface area contributed by atoms with E-state index < -0.39 is 5.54 Å². The first-order chi connectivity index (χ1) is 11.9. The lowest BCUT2D eigenvalue weighted by Gasteiger charge is -2.41. The van der Waals surface area contributed by atoms with E-state index in [2.05, 4.69) is 5.92 Å². The Morgan fingerprint density at radius 1 is 1.24 bits per heavy atom. The zero-order valence-corrected chi connectivity index (χ0v) is 17.3. The maximum atomic E-state index is 12.9. The average Bonchev–Trinajstić information content (AvgIpc) is 2.65. The summed E-state index contributed by atoms with van der Waals surface area (Å²) in [5.41, 5.74) is 0.386. The first-order valence-electron chi connectivity index (χ1n) is 9.09. The average molecular weight is 382 g/mol. The molecule has 25 heavy (non-hydrogen) atoms. The molecule has 0 saturated heterocycles. The van der Waals surface area contributed by atoms with E-state index in [9.17, 15) is 4.79 Å². The topological polar surface area (TPSA) is 20.3 Å². The van der Waals surface area contributed by atoms with Gasteiger partial charge in [0, 0.05) is 23.0 Å². The second kappa shape index (κ2) is 10.1. The fourth-order valence-corrected chi connectivity index (χ4v) is 3.93. The third kappa shape index (κ3) is 5.16. The quantitative estimate of drug-likeness (QED) is 0.586. The lowest BCUT2D eigenvalue weighted by atomic mass is 9.80. The maximum absolute atomic E-state index is 12.9. The number of hydrogen-bond donors (Lipinski definition) is 0. The van der Waals surface area contributed by atoms with Crippen LogP contribution in [-0.2, 0) is 11.2 Å². The van der Waals surface area contributed by atoms with Crippen molar-refractivity contribution in [2.75, 3.05) is 7.05 Å². The Morgan fingerprint density at radius 2 is 1.76 bits per heavy atom. The molecule has 1 amide bonds. The van der Waals surface area contributed by atoms with Gasteiger partial charge < -0.3 is 4.90 Å². The number of hydrogen-bond acceptors (Lipinski definition) is 1. The minimum atomic E-state index is -0.437. The van der Waals surface area contributed by atoms with Crippen LogP contribution in [-0.4, -0.2) is 23.4 Å². The predicted molar refractivity (Wildman–Crippen MR) is 108 cm³/mol. The molecule has 1 aliphatic carbocycles. The summed E-state index contributed by atoms with van der Waals surface area (Å²) in [6.45, 7) is 5.91. The van der Waals surface area contributed by atoms with E-state index >= 15 is 0 Å². The van der Waals surface area contributed by atoms with Gasteiger partial charge in [-0.25, -0.2) is 0 Å². The lowest BCUT2D eigenvalue weighted by Crippen LogP contribution is -2.51. The number of nitrogens with zero attached hydrogens (tertiary/aromatic N) is 1. The summed E-state index contributed by atoms with van der Waals surface area (Å²) in [6, 6.07) is 5.41. The molecule has 1 aliphatic rings. The summed E-state index contributed by atoms with van der Waals surface area (Å²) < 4.78 is 0. The molecule has 0 bridgehead atoms. The largest absolute Gasteiger partial charge is 0.329 e. The van der Waals surface area contributed by atoms with Gasteiger partial charge in [-0.3, -0.25) is 4.79 Å². The number of amides is 1. The monoisotopic (exact) mass is 381 g/mol. The smallest absolute Gasteiger partial charge is 0.226 e. The normalized spacial score (nSPS) is 16.8. The zero-order valence-electron chi connectivity index (χ0n) is 15.7. The molecule has 1 aromatic rings. The van der Waals surface area contributed by atoms with E-state index in [1.165, 1.54) is 6.42 Å². The van der Waals surface area contributed by atoms with Crippen LogP contribution in [0.1, 0.15) is 58.4 Å². The number of benzene rings is 1. The fraction of sp³-hybridized carbons (Fsp3) is 0.571. The molecule has 1 saturated carbocycles. The lowest BCUT2D eigenvalue weighted by molar-refractivity contribution is -0.138. The van der Waals surface area contributed by atoms with Crippen LogP contribution in [0.3, 0.4) is 0 Å². The number of carbonyl (C=O) groups is 1. The van der Waals surface area contributed by atoms with Crippen molar-refractivity contribution in [3.63, 3.8) is 0 Å². The Kier molecular flexibility index (Phi) is 8.83. The highest BCUT2D eigenvalue weighted by atomic mass is 35.5. The molecular weight excluding hydrogens is 353 g/mol. The summed E-state index contributed by atoms with van der Waals surface area (Å²) in [6.07, 6.45) is 11.4. The highest BCUT2D eigenvalue weighted by molar-refractivity contribution is 6.36. The van der Waals surface area contributed by atoms with Gasteiger partial charge in [-0.05, 0) is 37.0 Å². The fourth-order valence-electron chi connectivity index (χ4n) is 3.38. The van der Waals surface area contributed by atoms with Gasteiger partial charge >= 0.3 is 0 Å². The van der Waals surface area contributed by atoms with Crippen LogP contribution in [0.4, 0.5) is 0 Å². The van der Waals surface area contributed by atoms with Crippen molar-refractivity contribution >= 4 is 29.1 Å². The van der Waals surface area contributed by atoms with Gasteiger partial charge in [0.2, 0.25) is 5.91 Å². The number of halogens is 2. The molecule has 1 unspecified atom stereocenters. The molecule has 1 aromatic carbocycles. The van der Waals surface area contributed by atoms with Gasteiger partial charge in [-0.2, -0.15) is 0 Å². The summed E-state index contributed by atoms with van der Waals surface area (Å²) in [4.78, 5) is 14.7. The van der Waals surface area contributed by atoms with Gasteiger partial charge in [0.25, 0.3) is 0 Å². The van der Waals surface area contributed by atoms with Crippen LogP contribution in [0.2, 0.25) is 10.0 Å². The molecular formula is C21H29Cl2NO. The molecule has 138 valence electrons. The van der Waals surface area contributed by atoms with Crippen LogP contribution >= 0.6 is 23.2 Å². The minimum absolute atomic E-state index is 0.0563. The Morgan fingerprint density at radius 3 is 2.24 bits per heavy atom. The summed E-state index contributed by atoms with van der Waals surface area (Å²) in [5.74, 6) is 2.73. The SMILES string of the molecule is C#CC1(N(C)C(=O)C(C)Cc2c(Cl)cccc2Cl)CCCCC1.CC. The van der Waals surface area contributed by atoms with Crippen LogP contribution in [0.25, 0.3) is 0 Å². The van der Waals surface area contributed by atoms with Crippen molar-refractivity contribution in [3.05, 3.63) is 33.8 Å². The standard InChI is InChI=1S/C19H23Cl2NO.C2H6/c1-4-19(11-6-5-7-12-19)22(3)18(23)14(2)13-15-16(20)9-8-10-17(15)21;1-2/h1,8-10,14H,5-7,11-13H2,2-3H3;1-2H3. The first-order valence-corrected chi connectivity index (χ1v) is 9.85. The van der Waals surface area contributed by atoms with Crippen molar-refractivity contribution in [2.45, 2.75) is 64.8 Å². The Labute approximate surface area is 162 Å². The second-order valence-electron chi connectivity index (χ2n) is 6.44. The Bertz CT molecular complexity index is 595. The minimum Gasteiger partial charge on any atom is -0.329 e. The van der Waals surface area contributed by atoms with E-state index in [4.69, 9.17) is 29.6 Å². The molecule has 1 atom stereocenters. The van der Waals surface area contributed by atoms with Crippen molar-refractivity contribution < 1.29 is 4.79 Å². The van der Waals surface area contributed by atoms with Crippen molar-refractivity contribution in [1.82, 2.24) is 4.90 Å². The van der Waals surface area contributed by atoms with Crippen LogP contribution < -0.4 is 0 Å². The molecule has 0 heterocycles. The van der Waals surface area contributed by atoms with Crippen LogP contribution in [0.5, 0.6) is 0 Å². The van der Waals surface area contributed by atoms with Crippen molar-refractivity contribution in [1.29, 1.82) is 0 Å². The van der Waals surface area contributed by atoms with Gasteiger partial charge in [-0.1, -0.05) is 75.2 Å². The molecule has 2 nitrogen and oxygen atoms in total. The van der Waals surface area contributed by atoms with Crippen molar-refractivity contribution in [2.24, 2.45) is 5.92 Å². The predicted octanol–water partition coefficient (Wildman–Crippen LogP) is 5.99. The Hall–Kier alpha value is -1.17. The molecule has 0 aromatic heterocycles. The molecule has 0 N–H and O–H groups in total. The third-order valence-corrected chi connectivity index (χ3v) is 5.62. The van der Waals surface area contributed by atoms with E-state index in [0.29, 0.717) is 16.5 Å². The molecule has 1 fully saturated rings. The van der Waals surface area contributed by atoms with Crippen LogP contribution in [0.15, 0.2) is 18.2 Å². The van der Waals surface area contributed by atoms with Gasteiger partial charge in [0.1, 0.15) is 5.54 Å². The zero-order chi connectivity index (χ0) is 19.0. The molecule has 2 rings (SSSR count). The van der Waals surface area contributed by atoms with E-state index in [0.717, 1.165) is 31.2 Å². The summed E-state index contributed by atoms with van der Waals surface area (Å²) in [5, 5.41) is 1.20. The molecule has 0 spiro atoms. The third-order valence-electron chi connectivity index (χ3n) is 4.92. The Balaban J connectivity index is 0.00000151. The number of rotatable bonds is 4. The van der Waals surface area contributed by atoms with Crippen molar-refractivity contribution in [3.8, 4) is 12.3 Å². The van der Waals surface area contributed by atoms with Gasteiger partial charge in [-0.15, -0.1) is 6.42 Å². The number of terminal acetylenes is 1. The van der Waals surface area contributed by atoms with E-state index in [1.807, 2.05) is 33.9 Å². The number of carbonyl (C=O) groups excluding carboxylic acids is 1. The molecule has 0 aliphatic heterocycles. The van der Waals surface area contributed by atoms with E-state index in [-0.39, 0.29) is 11.8 Å². The first kappa shape index (κ1) is 21.9. The van der Waals surface area contributed by atoms with Crippen LogP contribution in [0, 0.1) is 18.3 Å². The van der Waals surface area contributed by atoms with Gasteiger partial charge in [0.15, 0.2) is 0 Å². The van der Waals surface area contributed by atoms with Gasteiger partial charge in [0.05, 0.1) is 0 Å². The summed E-state index contributed by atoms with van der Waals surface area (Å²) >= 11 is 12.4. The maximum Gasteiger partial charge on any atom is 0.226 e. The molecule has 0 radical (unpaired) electrons. The van der Waals surface area contributed by atoms with E-state index in [1.54, 1.807) is 17.0 Å².